The molecule has 0 aromatic carbocycles. The minimum Gasteiger partial charge on any atom is -0.756 e. The Kier molecular flexibility index (Phi) is 29.8. The Labute approximate surface area is 299 Å². The van der Waals surface area contributed by atoms with Gasteiger partial charge in [0, 0.05) is 6.42 Å². The molecular formula is C39H71N2O7P. The summed E-state index contributed by atoms with van der Waals surface area (Å²) in [5.74, 6) is -0.253. The maximum Gasteiger partial charge on any atom is 0.268 e. The van der Waals surface area contributed by atoms with Crippen LogP contribution in [0, 0.1) is 0 Å². The Bertz CT molecular complexity index is 1000. The van der Waals surface area contributed by atoms with Gasteiger partial charge in [-0.2, -0.15) is 0 Å². The van der Waals surface area contributed by atoms with Crippen LogP contribution < -0.4 is 10.2 Å². The highest BCUT2D eigenvalue weighted by atomic mass is 31.2. The number of likely N-dealkylation sites (N-methyl/N-ethyl adjacent to an activating group) is 1. The molecule has 2 unspecified atom stereocenters. The van der Waals surface area contributed by atoms with Crippen LogP contribution in [-0.4, -0.2) is 79.8 Å². The average Bonchev–Trinajstić information content (AvgIpc) is 3.03. The van der Waals surface area contributed by atoms with Crippen molar-refractivity contribution in [3.8, 4) is 0 Å². The summed E-state index contributed by atoms with van der Waals surface area (Å²) in [7, 11) is 1.18. The quantitative estimate of drug-likeness (QED) is 0.0213. The molecule has 0 aliphatic heterocycles. The van der Waals surface area contributed by atoms with E-state index in [1.807, 2.05) is 51.5 Å². The summed E-state index contributed by atoms with van der Waals surface area (Å²) in [5, 5.41) is 23.5. The van der Waals surface area contributed by atoms with Crippen molar-refractivity contribution in [1.82, 2.24) is 5.32 Å². The van der Waals surface area contributed by atoms with Crippen molar-refractivity contribution in [3.05, 3.63) is 60.8 Å². The van der Waals surface area contributed by atoms with Gasteiger partial charge in [-0.15, -0.1) is 0 Å². The average molecular weight is 711 g/mol. The Hall–Kier alpha value is -1.84. The Morgan fingerprint density at radius 1 is 0.776 bits per heavy atom. The largest absolute Gasteiger partial charge is 0.756 e. The van der Waals surface area contributed by atoms with E-state index in [4.69, 9.17) is 9.05 Å². The molecule has 0 bridgehead atoms. The van der Waals surface area contributed by atoms with E-state index in [2.05, 4.69) is 37.4 Å². The summed E-state index contributed by atoms with van der Waals surface area (Å²) >= 11 is 0. The summed E-state index contributed by atoms with van der Waals surface area (Å²) < 4.78 is 23.0. The highest BCUT2D eigenvalue weighted by Gasteiger charge is 2.23. The van der Waals surface area contributed by atoms with E-state index in [1.165, 1.54) is 32.1 Å². The van der Waals surface area contributed by atoms with E-state index in [1.54, 1.807) is 12.2 Å². The molecule has 4 atom stereocenters. The maximum atomic E-state index is 12.8. The van der Waals surface area contributed by atoms with E-state index < -0.39 is 32.7 Å². The van der Waals surface area contributed by atoms with Gasteiger partial charge in [0.15, 0.2) is 0 Å². The minimum atomic E-state index is -4.61. The van der Waals surface area contributed by atoms with Crippen LogP contribution >= 0.6 is 7.82 Å². The van der Waals surface area contributed by atoms with E-state index in [0.717, 1.165) is 57.8 Å². The SMILES string of the molecule is CC/C=C/CC(O)/C=C/C=C/CCCCCCCC(=O)N[C@@H](COP(=O)([O-])OCC[N+](C)(C)C)[C@H](O)/C=C/CC/C=C\CCCCCCC. The van der Waals surface area contributed by atoms with Gasteiger partial charge in [0.25, 0.3) is 7.82 Å². The number of nitrogens with zero attached hydrogens (tertiary/aromatic N) is 1. The first-order chi connectivity index (χ1) is 23.4. The number of carbonyl (C=O) groups excluding carboxylic acids is 1. The lowest BCUT2D eigenvalue weighted by atomic mass is 10.1. The number of quaternary nitrogens is 1. The van der Waals surface area contributed by atoms with Gasteiger partial charge in [0.1, 0.15) is 13.2 Å². The fraction of sp³-hybridized carbons (Fsp3) is 0.718. The van der Waals surface area contributed by atoms with Crippen LogP contribution in [0.25, 0.3) is 0 Å². The number of phosphoric ester groups is 1. The van der Waals surface area contributed by atoms with Gasteiger partial charge in [0.05, 0.1) is 46.0 Å². The van der Waals surface area contributed by atoms with Gasteiger partial charge < -0.3 is 34.0 Å². The predicted molar refractivity (Wildman–Crippen MR) is 202 cm³/mol. The van der Waals surface area contributed by atoms with Gasteiger partial charge in [-0.1, -0.05) is 120 Å². The van der Waals surface area contributed by atoms with Crippen LogP contribution in [0.4, 0.5) is 0 Å². The zero-order valence-corrected chi connectivity index (χ0v) is 32.4. The smallest absolute Gasteiger partial charge is 0.268 e. The van der Waals surface area contributed by atoms with Crippen LogP contribution in [0.5, 0.6) is 0 Å². The molecule has 0 aromatic heterocycles. The van der Waals surface area contributed by atoms with Crippen LogP contribution in [0.15, 0.2) is 60.8 Å². The second-order valence-corrected chi connectivity index (χ2v) is 15.1. The first-order valence-electron chi connectivity index (χ1n) is 18.8. The third-order valence-corrected chi connectivity index (χ3v) is 8.76. The van der Waals surface area contributed by atoms with Crippen molar-refractivity contribution in [1.29, 1.82) is 0 Å². The van der Waals surface area contributed by atoms with Crippen molar-refractivity contribution in [3.63, 3.8) is 0 Å². The van der Waals surface area contributed by atoms with Crippen molar-refractivity contribution >= 4 is 13.7 Å². The molecule has 10 heteroatoms. The van der Waals surface area contributed by atoms with Crippen LogP contribution in [0.1, 0.15) is 123 Å². The number of nitrogens with one attached hydrogen (secondary N) is 1. The van der Waals surface area contributed by atoms with Crippen molar-refractivity contribution in [2.75, 3.05) is 40.9 Å². The third kappa shape index (κ3) is 33.1. The molecule has 0 rings (SSSR count). The molecule has 0 saturated carbocycles. The number of phosphoric acid groups is 1. The second kappa shape index (κ2) is 30.9. The van der Waals surface area contributed by atoms with E-state index >= 15 is 0 Å². The molecule has 9 nitrogen and oxygen atoms in total. The number of unbranched alkanes of at least 4 members (excludes halogenated alkanes) is 11. The number of hydrogen-bond donors (Lipinski definition) is 3. The Balaban J connectivity index is 4.66. The van der Waals surface area contributed by atoms with Gasteiger partial charge in [-0.05, 0) is 57.8 Å². The van der Waals surface area contributed by atoms with Gasteiger partial charge >= 0.3 is 0 Å². The summed E-state index contributed by atoms with van der Waals surface area (Å²) in [5.41, 5.74) is 0. The van der Waals surface area contributed by atoms with Crippen molar-refractivity contribution in [2.45, 2.75) is 141 Å². The first kappa shape index (κ1) is 47.2. The van der Waals surface area contributed by atoms with Crippen molar-refractivity contribution < 1.29 is 38.0 Å². The number of hydrogen-bond acceptors (Lipinski definition) is 7. The zero-order chi connectivity index (χ0) is 36.6. The molecule has 0 fully saturated rings. The lowest BCUT2D eigenvalue weighted by Crippen LogP contribution is -2.45. The summed E-state index contributed by atoms with van der Waals surface area (Å²) in [4.78, 5) is 25.1. The molecule has 0 heterocycles. The highest BCUT2D eigenvalue weighted by Crippen LogP contribution is 2.38. The van der Waals surface area contributed by atoms with Gasteiger partial charge in [-0.25, -0.2) is 0 Å². The van der Waals surface area contributed by atoms with Crippen LogP contribution in [0.2, 0.25) is 0 Å². The predicted octanol–water partition coefficient (Wildman–Crippen LogP) is 7.85. The van der Waals surface area contributed by atoms with E-state index in [-0.39, 0.29) is 18.9 Å². The fourth-order valence-corrected chi connectivity index (χ4v) is 5.45. The summed E-state index contributed by atoms with van der Waals surface area (Å²) in [6.07, 6.45) is 34.6. The Morgan fingerprint density at radius 2 is 1.41 bits per heavy atom. The number of aliphatic hydroxyl groups is 2. The summed E-state index contributed by atoms with van der Waals surface area (Å²) in [6, 6.07) is -0.929. The van der Waals surface area contributed by atoms with Crippen LogP contribution in [0.3, 0.4) is 0 Å². The monoisotopic (exact) mass is 710 g/mol. The number of amides is 1. The number of carbonyl (C=O) groups is 1. The van der Waals surface area contributed by atoms with Gasteiger partial charge in [-0.3, -0.25) is 9.36 Å². The third-order valence-electron chi connectivity index (χ3n) is 7.79. The molecule has 0 spiro atoms. The lowest BCUT2D eigenvalue weighted by molar-refractivity contribution is -0.870. The standard InChI is InChI=1S/C39H71N2O7P/c1-6-8-10-11-12-13-14-17-20-23-27-31-38(43)37(35-48-49(45,46)47-34-33-41(3,4)5)40-39(44)32-28-24-21-18-15-16-19-22-26-30-36(42)29-25-9-7-2/h9,14,17,19,22,25-27,30-31,36-38,42-43H,6-8,10-13,15-16,18,20-21,23-24,28-29,32-35H2,1-5H3,(H-,40,44,45,46)/b17-14-,22-19+,25-9+,30-26+,31-27+/t36?,37-,38+/m0/s1. The maximum absolute atomic E-state index is 12.8. The molecule has 284 valence electrons. The normalized spacial score (nSPS) is 16.0. The molecule has 3 N–H and O–H groups in total. The lowest BCUT2D eigenvalue weighted by Gasteiger charge is -2.29. The second-order valence-electron chi connectivity index (χ2n) is 13.7. The molecular weight excluding hydrogens is 639 g/mol. The van der Waals surface area contributed by atoms with E-state index in [9.17, 15) is 24.5 Å². The van der Waals surface area contributed by atoms with Crippen molar-refractivity contribution in [2.24, 2.45) is 0 Å². The number of aliphatic hydroxyl groups excluding tert-OH is 2. The highest BCUT2D eigenvalue weighted by molar-refractivity contribution is 7.45. The number of rotatable bonds is 32. The molecule has 0 aliphatic carbocycles. The molecule has 1 amide bonds. The first-order valence-corrected chi connectivity index (χ1v) is 20.2. The van der Waals surface area contributed by atoms with Crippen LogP contribution in [-0.2, 0) is 18.4 Å². The summed E-state index contributed by atoms with van der Waals surface area (Å²) in [6.45, 7) is 4.32. The molecule has 0 radical (unpaired) electrons. The minimum absolute atomic E-state index is 0.0231. The Morgan fingerprint density at radius 3 is 2.10 bits per heavy atom. The molecule has 0 saturated heterocycles. The zero-order valence-electron chi connectivity index (χ0n) is 31.5. The molecule has 0 aliphatic rings. The van der Waals surface area contributed by atoms with E-state index in [0.29, 0.717) is 23.9 Å². The molecule has 49 heavy (non-hydrogen) atoms. The number of allylic oxidation sites excluding steroid dienone is 7. The molecule has 0 aromatic rings. The fourth-order valence-electron chi connectivity index (χ4n) is 4.73. The topological polar surface area (TPSA) is 128 Å². The van der Waals surface area contributed by atoms with Gasteiger partial charge in [0.2, 0.25) is 5.91 Å².